The van der Waals surface area contributed by atoms with Gasteiger partial charge in [0.2, 0.25) is 0 Å². The lowest BCUT2D eigenvalue weighted by molar-refractivity contribution is 0.0840. The molecule has 0 aromatic carbocycles. The Labute approximate surface area is 104 Å². The van der Waals surface area contributed by atoms with Crippen LogP contribution in [0.1, 0.15) is 38.1 Å². The van der Waals surface area contributed by atoms with Crippen molar-refractivity contribution in [2.75, 3.05) is 0 Å². The van der Waals surface area contributed by atoms with Gasteiger partial charge in [0.1, 0.15) is 4.34 Å². The first-order chi connectivity index (χ1) is 6.73. The van der Waals surface area contributed by atoms with E-state index in [-0.39, 0.29) is 17.1 Å². The quantitative estimate of drug-likeness (QED) is 0.693. The second-order valence-electron chi connectivity index (χ2n) is 4.69. The van der Waals surface area contributed by atoms with Crippen LogP contribution in [0.5, 0.6) is 0 Å². The van der Waals surface area contributed by atoms with Gasteiger partial charge in [-0.15, -0.1) is 11.3 Å². The summed E-state index contributed by atoms with van der Waals surface area (Å²) >= 11 is 13.0. The molecule has 0 amide bonds. The molecule has 0 N–H and O–H groups in total. The van der Waals surface area contributed by atoms with Crippen LogP contribution in [-0.2, 0) is 0 Å². The normalized spacial score (nSPS) is 14.0. The molecule has 1 rings (SSSR count). The van der Waals surface area contributed by atoms with E-state index in [1.807, 2.05) is 27.7 Å². The first kappa shape index (κ1) is 13.0. The summed E-state index contributed by atoms with van der Waals surface area (Å²) in [6.07, 6.45) is 0. The predicted octanol–water partition coefficient (Wildman–Crippen LogP) is 4.92. The van der Waals surface area contributed by atoms with Crippen molar-refractivity contribution in [3.05, 3.63) is 20.3 Å². The Kier molecular flexibility index (Phi) is 3.85. The van der Waals surface area contributed by atoms with E-state index < -0.39 is 0 Å². The topological polar surface area (TPSA) is 17.1 Å². The van der Waals surface area contributed by atoms with Crippen LogP contribution < -0.4 is 0 Å². The molecular formula is C11H14Cl2OS. The Morgan fingerprint density at radius 3 is 2.27 bits per heavy atom. The summed E-state index contributed by atoms with van der Waals surface area (Å²) in [4.78, 5) is 12.1. The highest BCUT2D eigenvalue weighted by molar-refractivity contribution is 7.20. The van der Waals surface area contributed by atoms with Crippen molar-refractivity contribution in [3.8, 4) is 0 Å². The van der Waals surface area contributed by atoms with Crippen molar-refractivity contribution in [1.82, 2.24) is 0 Å². The van der Waals surface area contributed by atoms with Gasteiger partial charge in [-0.3, -0.25) is 4.79 Å². The van der Waals surface area contributed by atoms with E-state index in [1.165, 1.54) is 11.3 Å². The predicted molar refractivity (Wildman–Crippen MR) is 67.3 cm³/mol. The zero-order valence-corrected chi connectivity index (χ0v) is 11.6. The molecule has 15 heavy (non-hydrogen) atoms. The monoisotopic (exact) mass is 264 g/mol. The standard InChI is InChI=1S/C11H14Cl2OS/c1-6(11(2,3)4)9(14)7-5-8(12)15-10(7)13/h5-6H,1-4H3. The number of rotatable bonds is 2. The number of hydrogen-bond acceptors (Lipinski definition) is 2. The van der Waals surface area contributed by atoms with E-state index in [0.717, 1.165) is 0 Å². The van der Waals surface area contributed by atoms with Crippen LogP contribution in [0.15, 0.2) is 6.07 Å². The highest BCUT2D eigenvalue weighted by Gasteiger charge is 2.29. The number of Topliss-reactive ketones (excluding diaryl/α,β-unsaturated/α-hetero) is 1. The van der Waals surface area contributed by atoms with Crippen molar-refractivity contribution in [2.24, 2.45) is 11.3 Å². The van der Waals surface area contributed by atoms with E-state index >= 15 is 0 Å². The van der Waals surface area contributed by atoms with Gasteiger partial charge < -0.3 is 0 Å². The number of halogens is 2. The minimum Gasteiger partial charge on any atom is -0.294 e. The average molecular weight is 265 g/mol. The van der Waals surface area contributed by atoms with Gasteiger partial charge >= 0.3 is 0 Å². The molecule has 0 aliphatic carbocycles. The molecule has 0 saturated heterocycles. The number of carbonyl (C=O) groups excluding carboxylic acids is 1. The summed E-state index contributed by atoms with van der Waals surface area (Å²) in [6.45, 7) is 8.04. The van der Waals surface area contributed by atoms with Gasteiger partial charge in [-0.1, -0.05) is 50.9 Å². The van der Waals surface area contributed by atoms with Crippen LogP contribution in [0.25, 0.3) is 0 Å². The van der Waals surface area contributed by atoms with Crippen LogP contribution in [-0.4, -0.2) is 5.78 Å². The number of ketones is 1. The second kappa shape index (κ2) is 4.44. The zero-order chi connectivity index (χ0) is 11.8. The largest absolute Gasteiger partial charge is 0.294 e. The average Bonchev–Trinajstić information content (AvgIpc) is 2.41. The third kappa shape index (κ3) is 2.96. The molecule has 0 radical (unpaired) electrons. The fourth-order valence-electron chi connectivity index (χ4n) is 1.13. The SMILES string of the molecule is CC(C(=O)c1cc(Cl)sc1Cl)C(C)(C)C. The Bertz CT molecular complexity index is 376. The van der Waals surface area contributed by atoms with Gasteiger partial charge in [0.25, 0.3) is 0 Å². The van der Waals surface area contributed by atoms with Crippen molar-refractivity contribution in [2.45, 2.75) is 27.7 Å². The Hall–Kier alpha value is -0.0500. The van der Waals surface area contributed by atoms with Gasteiger partial charge in [0.15, 0.2) is 5.78 Å². The summed E-state index contributed by atoms with van der Waals surface area (Å²) in [7, 11) is 0. The lowest BCUT2D eigenvalue weighted by atomic mass is 9.78. The molecule has 0 fully saturated rings. The number of thiophene rings is 1. The minimum atomic E-state index is -0.0688. The fourth-order valence-corrected chi connectivity index (χ4v) is 2.61. The number of carbonyl (C=O) groups is 1. The van der Waals surface area contributed by atoms with Gasteiger partial charge in [-0.2, -0.15) is 0 Å². The van der Waals surface area contributed by atoms with E-state index in [9.17, 15) is 4.79 Å². The minimum absolute atomic E-state index is 0.0607. The summed E-state index contributed by atoms with van der Waals surface area (Å²) in [5.41, 5.74) is 0.489. The lowest BCUT2D eigenvalue weighted by Gasteiger charge is -2.25. The zero-order valence-electron chi connectivity index (χ0n) is 9.23. The molecule has 0 saturated carbocycles. The summed E-state index contributed by atoms with van der Waals surface area (Å²) in [5.74, 6) is -0.00341. The Balaban J connectivity index is 3.00. The smallest absolute Gasteiger partial charge is 0.168 e. The molecule has 1 atom stereocenters. The molecule has 1 aromatic heterocycles. The highest BCUT2D eigenvalue weighted by atomic mass is 35.5. The third-order valence-electron chi connectivity index (χ3n) is 2.61. The van der Waals surface area contributed by atoms with Crippen molar-refractivity contribution in [1.29, 1.82) is 0 Å². The van der Waals surface area contributed by atoms with Gasteiger partial charge in [-0.05, 0) is 11.5 Å². The maximum Gasteiger partial charge on any atom is 0.168 e. The molecule has 1 heterocycles. The van der Waals surface area contributed by atoms with Gasteiger partial charge in [0, 0.05) is 11.5 Å². The number of hydrogen-bond donors (Lipinski definition) is 0. The molecular weight excluding hydrogens is 251 g/mol. The van der Waals surface area contributed by atoms with E-state index in [4.69, 9.17) is 23.2 Å². The van der Waals surface area contributed by atoms with E-state index in [0.29, 0.717) is 14.2 Å². The van der Waals surface area contributed by atoms with Crippen LogP contribution in [0.2, 0.25) is 8.67 Å². The first-order valence-electron chi connectivity index (χ1n) is 4.72. The van der Waals surface area contributed by atoms with Gasteiger partial charge in [-0.25, -0.2) is 0 Å². The highest BCUT2D eigenvalue weighted by Crippen LogP contribution is 2.36. The first-order valence-corrected chi connectivity index (χ1v) is 6.29. The summed E-state index contributed by atoms with van der Waals surface area (Å²) in [6, 6.07) is 1.65. The molecule has 84 valence electrons. The lowest BCUT2D eigenvalue weighted by Crippen LogP contribution is -2.25. The van der Waals surface area contributed by atoms with Crippen molar-refractivity contribution >= 4 is 40.3 Å². The van der Waals surface area contributed by atoms with Crippen LogP contribution in [0.3, 0.4) is 0 Å². The molecule has 0 aliphatic heterocycles. The molecule has 1 nitrogen and oxygen atoms in total. The third-order valence-corrected chi connectivity index (χ3v) is 4.10. The maximum atomic E-state index is 12.1. The van der Waals surface area contributed by atoms with Gasteiger partial charge in [0.05, 0.1) is 4.34 Å². The summed E-state index contributed by atoms with van der Waals surface area (Å²) < 4.78 is 1.05. The molecule has 1 unspecified atom stereocenters. The van der Waals surface area contributed by atoms with Crippen molar-refractivity contribution in [3.63, 3.8) is 0 Å². The molecule has 0 bridgehead atoms. The molecule has 1 aromatic rings. The summed E-state index contributed by atoms with van der Waals surface area (Å²) in [5, 5.41) is 0. The molecule has 0 aliphatic rings. The fraction of sp³-hybridized carbons (Fsp3) is 0.545. The van der Waals surface area contributed by atoms with Crippen LogP contribution in [0, 0.1) is 11.3 Å². The molecule has 4 heteroatoms. The maximum absolute atomic E-state index is 12.1. The van der Waals surface area contributed by atoms with Crippen LogP contribution >= 0.6 is 34.5 Å². The second-order valence-corrected chi connectivity index (χ2v) is 6.98. The van der Waals surface area contributed by atoms with Crippen molar-refractivity contribution < 1.29 is 4.79 Å². The van der Waals surface area contributed by atoms with E-state index in [1.54, 1.807) is 6.07 Å². The van der Waals surface area contributed by atoms with E-state index in [2.05, 4.69) is 0 Å². The Morgan fingerprint density at radius 1 is 1.40 bits per heavy atom. The Morgan fingerprint density at radius 2 is 1.93 bits per heavy atom. The molecule has 0 spiro atoms. The van der Waals surface area contributed by atoms with Crippen LogP contribution in [0.4, 0.5) is 0 Å².